The van der Waals surface area contributed by atoms with E-state index in [0.29, 0.717) is 22.9 Å². The van der Waals surface area contributed by atoms with Gasteiger partial charge in [0.25, 0.3) is 5.56 Å². The van der Waals surface area contributed by atoms with Crippen LogP contribution in [0, 0.1) is 5.92 Å². The lowest BCUT2D eigenvalue weighted by atomic mass is 9.83. The van der Waals surface area contributed by atoms with Gasteiger partial charge in [-0.3, -0.25) is 19.1 Å². The number of rotatable bonds is 3. The fraction of sp³-hybridized carbons (Fsp3) is 0.550. The van der Waals surface area contributed by atoms with E-state index in [9.17, 15) is 14.4 Å². The Balaban J connectivity index is 1.61. The van der Waals surface area contributed by atoms with Gasteiger partial charge in [0.1, 0.15) is 6.54 Å². The summed E-state index contributed by atoms with van der Waals surface area (Å²) in [5.74, 6) is 0.580. The third kappa shape index (κ3) is 3.08. The topological polar surface area (TPSA) is 75.2 Å². The second-order valence-electron chi connectivity index (χ2n) is 7.56. The summed E-state index contributed by atoms with van der Waals surface area (Å²) in [6, 6.07) is 7.25. The predicted molar refractivity (Wildman–Crippen MR) is 100 cm³/mol. The van der Waals surface area contributed by atoms with Crippen molar-refractivity contribution >= 4 is 16.8 Å². The first-order valence-electron chi connectivity index (χ1n) is 9.66. The Bertz CT molecular complexity index is 924. The minimum absolute atomic E-state index is 0.0145. The largest absolute Gasteiger partial charge is 0.338 e. The Kier molecular flexibility index (Phi) is 4.66. The standard InChI is InChI=1S/C20H25N3O3/c24-18(22-12-6-11-16(22)14-7-2-1-3-8-14)13-23-17-10-5-4-9-15(17)19(25)21-20(23)26/h4-5,9-10,14,16H,1-3,6-8,11-13H2,(H,21,25,26). The van der Waals surface area contributed by atoms with E-state index in [2.05, 4.69) is 4.98 Å². The maximum absolute atomic E-state index is 13.0. The van der Waals surface area contributed by atoms with Crippen molar-refractivity contribution in [3.05, 3.63) is 45.1 Å². The number of fused-ring (bicyclic) bond motifs is 1. The number of carbonyl (C=O) groups is 1. The smallest absolute Gasteiger partial charge is 0.329 e. The van der Waals surface area contributed by atoms with Crippen LogP contribution in [0.3, 0.4) is 0 Å². The minimum Gasteiger partial charge on any atom is -0.338 e. The first-order valence-corrected chi connectivity index (χ1v) is 9.66. The Morgan fingerprint density at radius 3 is 2.62 bits per heavy atom. The number of nitrogens with one attached hydrogen (secondary N) is 1. The molecule has 1 saturated heterocycles. The maximum atomic E-state index is 13.0. The van der Waals surface area contributed by atoms with Crippen molar-refractivity contribution in [3.63, 3.8) is 0 Å². The van der Waals surface area contributed by atoms with Crippen molar-refractivity contribution in [2.75, 3.05) is 6.54 Å². The zero-order valence-electron chi connectivity index (χ0n) is 14.9. The van der Waals surface area contributed by atoms with E-state index in [0.717, 1.165) is 19.4 Å². The Morgan fingerprint density at radius 2 is 1.81 bits per heavy atom. The molecule has 138 valence electrons. The van der Waals surface area contributed by atoms with Crippen LogP contribution in [-0.4, -0.2) is 32.9 Å². The van der Waals surface area contributed by atoms with Gasteiger partial charge in [-0.2, -0.15) is 0 Å². The zero-order valence-corrected chi connectivity index (χ0v) is 14.9. The number of hydrogen-bond acceptors (Lipinski definition) is 3. The third-order valence-corrected chi connectivity index (χ3v) is 6.01. The minimum atomic E-state index is -0.518. The normalized spacial score (nSPS) is 21.4. The van der Waals surface area contributed by atoms with Crippen LogP contribution >= 0.6 is 0 Å². The van der Waals surface area contributed by atoms with Gasteiger partial charge in [-0.05, 0) is 43.7 Å². The van der Waals surface area contributed by atoms with E-state index in [1.54, 1.807) is 24.3 Å². The first kappa shape index (κ1) is 17.1. The monoisotopic (exact) mass is 355 g/mol. The van der Waals surface area contributed by atoms with Crippen LogP contribution in [0.5, 0.6) is 0 Å². The molecule has 0 radical (unpaired) electrons. The van der Waals surface area contributed by atoms with Crippen molar-refractivity contribution in [1.82, 2.24) is 14.5 Å². The van der Waals surface area contributed by atoms with Gasteiger partial charge in [-0.25, -0.2) is 4.79 Å². The third-order valence-electron chi connectivity index (χ3n) is 6.01. The van der Waals surface area contributed by atoms with Gasteiger partial charge in [0.05, 0.1) is 10.9 Å². The van der Waals surface area contributed by atoms with E-state index in [-0.39, 0.29) is 12.5 Å². The number of aromatic nitrogens is 2. The lowest BCUT2D eigenvalue weighted by Crippen LogP contribution is -2.44. The maximum Gasteiger partial charge on any atom is 0.329 e. The van der Waals surface area contributed by atoms with E-state index >= 15 is 0 Å². The quantitative estimate of drug-likeness (QED) is 0.918. The number of likely N-dealkylation sites (tertiary alicyclic amines) is 1. The molecule has 1 aliphatic carbocycles. The highest BCUT2D eigenvalue weighted by atomic mass is 16.2. The highest BCUT2D eigenvalue weighted by molar-refractivity contribution is 5.81. The first-order chi connectivity index (χ1) is 12.6. The van der Waals surface area contributed by atoms with E-state index < -0.39 is 11.2 Å². The lowest BCUT2D eigenvalue weighted by Gasteiger charge is -2.34. The van der Waals surface area contributed by atoms with Crippen molar-refractivity contribution in [1.29, 1.82) is 0 Å². The number of nitrogens with zero attached hydrogens (tertiary/aromatic N) is 2. The van der Waals surface area contributed by atoms with Crippen LogP contribution in [0.25, 0.3) is 10.9 Å². The van der Waals surface area contributed by atoms with Gasteiger partial charge in [-0.1, -0.05) is 31.4 Å². The molecule has 1 aliphatic heterocycles. The number of amides is 1. The van der Waals surface area contributed by atoms with Crippen molar-refractivity contribution in [3.8, 4) is 0 Å². The molecule has 0 spiro atoms. The summed E-state index contributed by atoms with van der Waals surface area (Å²) in [7, 11) is 0. The number of H-pyrrole nitrogens is 1. The van der Waals surface area contributed by atoms with Crippen molar-refractivity contribution in [2.45, 2.75) is 57.5 Å². The molecule has 1 aromatic heterocycles. The molecule has 6 nitrogen and oxygen atoms in total. The van der Waals surface area contributed by atoms with Crippen LogP contribution < -0.4 is 11.2 Å². The van der Waals surface area contributed by atoms with Crippen LogP contribution in [0.15, 0.2) is 33.9 Å². The summed E-state index contributed by atoms with van der Waals surface area (Å²) in [5.41, 5.74) is -0.408. The molecule has 1 atom stereocenters. The molecule has 4 rings (SSSR count). The molecule has 2 aliphatic rings. The van der Waals surface area contributed by atoms with Gasteiger partial charge in [0.2, 0.25) is 5.91 Å². The molecule has 2 aromatic rings. The molecular formula is C20H25N3O3. The molecule has 6 heteroatoms. The molecule has 1 amide bonds. The van der Waals surface area contributed by atoms with E-state index in [4.69, 9.17) is 0 Å². The molecule has 1 aromatic carbocycles. The average molecular weight is 355 g/mol. The summed E-state index contributed by atoms with van der Waals surface area (Å²) >= 11 is 0. The summed E-state index contributed by atoms with van der Waals surface area (Å²) < 4.78 is 1.40. The van der Waals surface area contributed by atoms with Crippen molar-refractivity contribution in [2.24, 2.45) is 5.92 Å². The number of para-hydroxylation sites is 1. The highest BCUT2D eigenvalue weighted by Gasteiger charge is 2.35. The van der Waals surface area contributed by atoms with Crippen molar-refractivity contribution < 1.29 is 4.79 Å². The van der Waals surface area contributed by atoms with Crippen LogP contribution in [0.4, 0.5) is 0 Å². The molecule has 0 bridgehead atoms. The Labute approximate surface area is 151 Å². The fourth-order valence-corrected chi connectivity index (χ4v) is 4.74. The van der Waals surface area contributed by atoms with Gasteiger partial charge in [0.15, 0.2) is 0 Å². The van der Waals surface area contributed by atoms with Crippen LogP contribution in [0.1, 0.15) is 44.9 Å². The summed E-state index contributed by atoms with van der Waals surface area (Å²) in [4.78, 5) is 41.7. The van der Waals surface area contributed by atoms with Crippen LogP contribution in [-0.2, 0) is 11.3 Å². The van der Waals surface area contributed by atoms with Gasteiger partial charge >= 0.3 is 5.69 Å². The SMILES string of the molecule is O=C(Cn1c(=O)[nH]c(=O)c2ccccc21)N1CCCC1C1CCCCC1. The van der Waals surface area contributed by atoms with Gasteiger partial charge in [0, 0.05) is 12.6 Å². The predicted octanol–water partition coefficient (Wildman–Crippen LogP) is 2.26. The lowest BCUT2D eigenvalue weighted by molar-refractivity contribution is -0.133. The molecule has 1 N–H and O–H groups in total. The number of carbonyl (C=O) groups excluding carboxylic acids is 1. The van der Waals surface area contributed by atoms with E-state index in [1.807, 2.05) is 4.90 Å². The van der Waals surface area contributed by atoms with E-state index in [1.165, 1.54) is 36.7 Å². The summed E-state index contributed by atoms with van der Waals surface area (Å²) in [5, 5.41) is 0.435. The molecular weight excluding hydrogens is 330 g/mol. The molecule has 1 saturated carbocycles. The highest BCUT2D eigenvalue weighted by Crippen LogP contribution is 2.34. The summed E-state index contributed by atoms with van der Waals surface area (Å²) in [6.07, 6.45) is 8.33. The second kappa shape index (κ2) is 7.09. The zero-order chi connectivity index (χ0) is 18.1. The Morgan fingerprint density at radius 1 is 1.04 bits per heavy atom. The van der Waals surface area contributed by atoms with Crippen LogP contribution in [0.2, 0.25) is 0 Å². The van der Waals surface area contributed by atoms with Gasteiger partial charge < -0.3 is 4.90 Å². The number of benzene rings is 1. The fourth-order valence-electron chi connectivity index (χ4n) is 4.74. The number of hydrogen-bond donors (Lipinski definition) is 1. The molecule has 26 heavy (non-hydrogen) atoms. The molecule has 1 unspecified atom stereocenters. The number of aromatic amines is 1. The average Bonchev–Trinajstić information content (AvgIpc) is 3.16. The summed E-state index contributed by atoms with van der Waals surface area (Å²) in [6.45, 7) is 0.759. The molecule has 2 heterocycles. The van der Waals surface area contributed by atoms with Gasteiger partial charge in [-0.15, -0.1) is 0 Å². The molecule has 2 fully saturated rings. The Hall–Kier alpha value is -2.37. The second-order valence-corrected chi connectivity index (χ2v) is 7.56.